The van der Waals surface area contributed by atoms with Crippen LogP contribution in [-0.4, -0.2) is 35.7 Å². The van der Waals surface area contributed by atoms with Gasteiger partial charge in [0.1, 0.15) is 11.4 Å². The molecule has 0 fully saturated rings. The van der Waals surface area contributed by atoms with E-state index in [4.69, 9.17) is 0 Å². The SMILES string of the molecule is CCC(c1ccc(C(F)(F)F)cc1)(C(C)O)n1ncc2c(NS(C)(=O)=O)cc(F)cc21. The van der Waals surface area contributed by atoms with Gasteiger partial charge in [-0.15, -0.1) is 0 Å². The number of fused-ring (bicyclic) bond motifs is 1. The van der Waals surface area contributed by atoms with Crippen molar-refractivity contribution >= 4 is 26.6 Å². The van der Waals surface area contributed by atoms with Crippen LogP contribution in [0, 0.1) is 5.82 Å². The molecule has 0 radical (unpaired) electrons. The second kappa shape index (κ2) is 7.79. The number of nitrogens with zero attached hydrogens (tertiary/aromatic N) is 2. The van der Waals surface area contributed by atoms with Gasteiger partial charge in [-0.05, 0) is 43.2 Å². The molecule has 2 N–H and O–H groups in total. The fraction of sp³-hybridized carbons (Fsp3) is 0.350. The molecule has 0 saturated heterocycles. The molecule has 11 heteroatoms. The molecule has 0 aliphatic heterocycles. The summed E-state index contributed by atoms with van der Waals surface area (Å²) in [5.41, 5.74) is -1.70. The van der Waals surface area contributed by atoms with Crippen molar-refractivity contribution in [1.82, 2.24) is 9.78 Å². The maximum Gasteiger partial charge on any atom is 0.416 e. The monoisotopic (exact) mass is 459 g/mol. The zero-order valence-corrected chi connectivity index (χ0v) is 17.7. The Kier molecular flexibility index (Phi) is 5.78. The number of sulfonamides is 1. The van der Waals surface area contributed by atoms with E-state index < -0.39 is 39.2 Å². The van der Waals surface area contributed by atoms with Crippen LogP contribution in [0.2, 0.25) is 0 Å². The number of aliphatic hydroxyl groups is 1. The minimum atomic E-state index is -4.52. The van der Waals surface area contributed by atoms with Gasteiger partial charge in [0, 0.05) is 5.39 Å². The predicted molar refractivity (Wildman–Crippen MR) is 109 cm³/mol. The van der Waals surface area contributed by atoms with Gasteiger partial charge in [-0.3, -0.25) is 9.40 Å². The van der Waals surface area contributed by atoms with E-state index in [1.165, 1.54) is 29.9 Å². The third-order valence-corrected chi connectivity index (χ3v) is 5.86. The minimum absolute atomic E-state index is 0.0354. The molecule has 0 aliphatic carbocycles. The minimum Gasteiger partial charge on any atom is -0.391 e. The van der Waals surface area contributed by atoms with E-state index in [0.29, 0.717) is 5.56 Å². The predicted octanol–water partition coefficient (Wildman–Crippen LogP) is 4.10. The van der Waals surface area contributed by atoms with Gasteiger partial charge in [0.25, 0.3) is 0 Å². The normalized spacial score (nSPS) is 15.6. The summed E-state index contributed by atoms with van der Waals surface area (Å²) in [6.45, 7) is 3.18. The summed E-state index contributed by atoms with van der Waals surface area (Å²) < 4.78 is 80.2. The first kappa shape index (κ1) is 23.0. The van der Waals surface area contributed by atoms with Crippen molar-refractivity contribution in [2.75, 3.05) is 11.0 Å². The van der Waals surface area contributed by atoms with Crippen molar-refractivity contribution in [3.63, 3.8) is 0 Å². The topological polar surface area (TPSA) is 84.2 Å². The molecule has 1 heterocycles. The molecule has 2 aromatic carbocycles. The van der Waals surface area contributed by atoms with Gasteiger partial charge in [0.05, 0.1) is 35.3 Å². The Labute approximate surface area is 176 Å². The molecule has 0 bridgehead atoms. The number of halogens is 4. The van der Waals surface area contributed by atoms with Gasteiger partial charge in [-0.25, -0.2) is 12.8 Å². The lowest BCUT2D eigenvalue weighted by atomic mass is 9.82. The fourth-order valence-corrected chi connectivity index (χ4v) is 4.40. The third-order valence-electron chi connectivity index (χ3n) is 5.27. The molecule has 0 spiro atoms. The highest BCUT2D eigenvalue weighted by molar-refractivity contribution is 7.92. The Bertz CT molecular complexity index is 1200. The first-order valence-electron chi connectivity index (χ1n) is 9.31. The molecule has 0 amide bonds. The van der Waals surface area contributed by atoms with Gasteiger partial charge in [0.2, 0.25) is 10.0 Å². The van der Waals surface area contributed by atoms with Crippen LogP contribution in [0.15, 0.2) is 42.6 Å². The smallest absolute Gasteiger partial charge is 0.391 e. The summed E-state index contributed by atoms with van der Waals surface area (Å²) in [6.07, 6.45) is -3.21. The van der Waals surface area contributed by atoms with E-state index in [1.807, 2.05) is 0 Å². The van der Waals surface area contributed by atoms with Crippen LogP contribution < -0.4 is 4.72 Å². The Morgan fingerprint density at radius 3 is 2.23 bits per heavy atom. The van der Waals surface area contributed by atoms with Crippen molar-refractivity contribution in [3.05, 3.63) is 59.5 Å². The molecule has 168 valence electrons. The summed E-state index contributed by atoms with van der Waals surface area (Å²) >= 11 is 0. The number of hydrogen-bond acceptors (Lipinski definition) is 4. The lowest BCUT2D eigenvalue weighted by Crippen LogP contribution is -2.45. The summed E-state index contributed by atoms with van der Waals surface area (Å²) in [4.78, 5) is 0. The Hall–Kier alpha value is -2.66. The van der Waals surface area contributed by atoms with Crippen molar-refractivity contribution in [2.24, 2.45) is 0 Å². The van der Waals surface area contributed by atoms with Gasteiger partial charge < -0.3 is 5.11 Å². The van der Waals surface area contributed by atoms with Crippen LogP contribution in [0.3, 0.4) is 0 Å². The number of aliphatic hydroxyl groups excluding tert-OH is 1. The van der Waals surface area contributed by atoms with Crippen LogP contribution >= 0.6 is 0 Å². The number of nitrogens with one attached hydrogen (secondary N) is 1. The Balaban J connectivity index is 2.27. The van der Waals surface area contributed by atoms with E-state index in [0.717, 1.165) is 30.5 Å². The van der Waals surface area contributed by atoms with Crippen molar-refractivity contribution < 1.29 is 31.1 Å². The molecular weight excluding hydrogens is 438 g/mol. The summed E-state index contributed by atoms with van der Waals surface area (Å²) in [7, 11) is -3.71. The Morgan fingerprint density at radius 2 is 1.74 bits per heavy atom. The van der Waals surface area contributed by atoms with Gasteiger partial charge >= 0.3 is 6.18 Å². The first-order valence-corrected chi connectivity index (χ1v) is 11.2. The van der Waals surface area contributed by atoms with Crippen LogP contribution in [0.5, 0.6) is 0 Å². The molecular formula is C20H21F4N3O3S. The van der Waals surface area contributed by atoms with Gasteiger partial charge in [0.15, 0.2) is 0 Å². The number of rotatable bonds is 6. The van der Waals surface area contributed by atoms with E-state index in [9.17, 15) is 31.1 Å². The molecule has 6 nitrogen and oxygen atoms in total. The molecule has 2 unspecified atom stereocenters. The summed E-state index contributed by atoms with van der Waals surface area (Å²) in [6, 6.07) is 6.45. The lowest BCUT2D eigenvalue weighted by molar-refractivity contribution is -0.137. The lowest BCUT2D eigenvalue weighted by Gasteiger charge is -2.37. The highest BCUT2D eigenvalue weighted by Gasteiger charge is 2.40. The molecule has 2 atom stereocenters. The van der Waals surface area contributed by atoms with E-state index in [1.54, 1.807) is 6.92 Å². The van der Waals surface area contributed by atoms with Gasteiger partial charge in [-0.1, -0.05) is 19.1 Å². The van der Waals surface area contributed by atoms with Crippen molar-refractivity contribution in [1.29, 1.82) is 0 Å². The molecule has 31 heavy (non-hydrogen) atoms. The number of anilines is 1. The quantitative estimate of drug-likeness (QED) is 0.544. The van der Waals surface area contributed by atoms with Crippen LogP contribution in [0.25, 0.3) is 10.9 Å². The number of alkyl halides is 3. The van der Waals surface area contributed by atoms with E-state index >= 15 is 0 Å². The summed E-state index contributed by atoms with van der Waals surface area (Å²) in [5.74, 6) is -0.747. The average Bonchev–Trinajstić information content (AvgIpc) is 3.05. The largest absolute Gasteiger partial charge is 0.416 e. The third kappa shape index (κ3) is 4.24. The van der Waals surface area contributed by atoms with Crippen molar-refractivity contribution in [3.8, 4) is 0 Å². The Morgan fingerprint density at radius 1 is 1.16 bits per heavy atom. The number of benzene rings is 2. The zero-order chi connectivity index (χ0) is 23.2. The second-order valence-electron chi connectivity index (χ2n) is 7.35. The highest BCUT2D eigenvalue weighted by Crippen LogP contribution is 2.39. The number of hydrogen-bond donors (Lipinski definition) is 2. The standard InChI is InChI=1S/C20H21F4N3O3S/c1-4-19(12(2)28,13-5-7-14(8-6-13)20(22,23)24)27-18-10-15(21)9-17(16(18)11-25-27)26-31(3,29)30/h5-12,26,28H,4H2,1-3H3. The second-order valence-corrected chi connectivity index (χ2v) is 9.09. The van der Waals surface area contributed by atoms with Gasteiger partial charge in [-0.2, -0.15) is 18.3 Å². The van der Waals surface area contributed by atoms with Crippen molar-refractivity contribution in [2.45, 2.75) is 38.1 Å². The molecule has 3 rings (SSSR count). The van der Waals surface area contributed by atoms with Crippen LogP contribution in [0.4, 0.5) is 23.2 Å². The first-order chi connectivity index (χ1) is 14.3. The maximum absolute atomic E-state index is 14.3. The zero-order valence-electron chi connectivity index (χ0n) is 16.9. The molecule has 0 saturated carbocycles. The van der Waals surface area contributed by atoms with Crippen LogP contribution in [0.1, 0.15) is 31.4 Å². The molecule has 1 aromatic heterocycles. The van der Waals surface area contributed by atoms with Crippen LogP contribution in [-0.2, 0) is 21.7 Å². The fourth-order valence-electron chi connectivity index (χ4n) is 3.83. The highest BCUT2D eigenvalue weighted by atomic mass is 32.2. The molecule has 3 aromatic rings. The number of aromatic nitrogens is 2. The maximum atomic E-state index is 14.3. The van der Waals surface area contributed by atoms with E-state index in [2.05, 4.69) is 9.82 Å². The average molecular weight is 459 g/mol. The molecule has 0 aliphatic rings. The summed E-state index contributed by atoms with van der Waals surface area (Å²) in [5, 5.41) is 15.3. The van der Waals surface area contributed by atoms with E-state index in [-0.39, 0.29) is 23.0 Å².